The largest absolute Gasteiger partial charge is 0.393 e. The van der Waals surface area contributed by atoms with Crippen LogP contribution < -0.4 is 11.1 Å². The molecule has 0 bridgehead atoms. The fourth-order valence-corrected chi connectivity index (χ4v) is 9.84. The van der Waals surface area contributed by atoms with Crippen molar-refractivity contribution in [2.45, 2.75) is 124 Å². The van der Waals surface area contributed by atoms with Gasteiger partial charge in [-0.15, -0.1) is 0 Å². The van der Waals surface area contributed by atoms with Gasteiger partial charge in [-0.2, -0.15) is 0 Å². The molecule has 4 N–H and O–H groups in total. The van der Waals surface area contributed by atoms with E-state index in [1.54, 1.807) is 0 Å². The van der Waals surface area contributed by atoms with Gasteiger partial charge in [-0.1, -0.05) is 53.9 Å². The van der Waals surface area contributed by atoms with Gasteiger partial charge in [0.05, 0.1) is 6.10 Å². The monoisotopic (exact) mass is 460 g/mol. The highest BCUT2D eigenvalue weighted by Gasteiger charge is 2.62. The van der Waals surface area contributed by atoms with Crippen molar-refractivity contribution < 1.29 is 5.11 Å². The molecule has 0 aliphatic heterocycles. The zero-order valence-electron chi connectivity index (χ0n) is 22.6. The Kier molecular flexibility index (Phi) is 8.24. The fraction of sp³-hybridized carbons (Fsp3) is 1.00. The van der Waals surface area contributed by atoms with Crippen molar-refractivity contribution in [3.8, 4) is 0 Å². The molecule has 0 amide bonds. The fourth-order valence-electron chi connectivity index (χ4n) is 9.84. The van der Waals surface area contributed by atoms with E-state index < -0.39 is 0 Å². The smallest absolute Gasteiger partial charge is 0.0577 e. The van der Waals surface area contributed by atoms with Crippen LogP contribution in [0.1, 0.15) is 112 Å². The molecule has 0 saturated heterocycles. The Morgan fingerprint density at radius 3 is 2.36 bits per heavy atom. The molecule has 0 aromatic rings. The van der Waals surface area contributed by atoms with Crippen LogP contribution in [0.15, 0.2) is 0 Å². The number of nitrogens with one attached hydrogen (secondary N) is 1. The molecule has 4 saturated carbocycles. The topological polar surface area (TPSA) is 58.3 Å². The second kappa shape index (κ2) is 10.5. The summed E-state index contributed by atoms with van der Waals surface area (Å²) in [5.74, 6) is 5.28. The lowest BCUT2D eigenvalue weighted by Crippen LogP contribution is -2.59. The lowest BCUT2D eigenvalue weighted by Gasteiger charge is -2.62. The Morgan fingerprint density at radius 2 is 1.64 bits per heavy atom. The molecular formula is C30H56N2O. The minimum atomic E-state index is -0.0736. The van der Waals surface area contributed by atoms with E-state index in [1.165, 1.54) is 64.2 Å². The van der Waals surface area contributed by atoms with Gasteiger partial charge < -0.3 is 16.2 Å². The summed E-state index contributed by atoms with van der Waals surface area (Å²) >= 11 is 0. The molecule has 3 nitrogen and oxygen atoms in total. The van der Waals surface area contributed by atoms with Gasteiger partial charge >= 0.3 is 0 Å². The number of rotatable bonds is 9. The van der Waals surface area contributed by atoms with E-state index in [2.05, 4.69) is 39.9 Å². The number of hydrogen-bond acceptors (Lipinski definition) is 3. The predicted molar refractivity (Wildman–Crippen MR) is 140 cm³/mol. The zero-order chi connectivity index (χ0) is 23.8. The lowest BCUT2D eigenvalue weighted by molar-refractivity contribution is -0.167. The normalized spacial score (nSPS) is 46.0. The van der Waals surface area contributed by atoms with Crippen molar-refractivity contribution in [2.24, 2.45) is 58.0 Å². The van der Waals surface area contributed by atoms with Crippen molar-refractivity contribution in [3.63, 3.8) is 0 Å². The molecule has 10 atom stereocenters. The molecule has 4 fully saturated rings. The van der Waals surface area contributed by atoms with Gasteiger partial charge in [0.25, 0.3) is 0 Å². The Morgan fingerprint density at radius 1 is 0.909 bits per heavy atom. The Balaban J connectivity index is 1.44. The highest BCUT2D eigenvalue weighted by molar-refractivity contribution is 5.12. The van der Waals surface area contributed by atoms with Crippen LogP contribution in [-0.2, 0) is 0 Å². The standard InChI is InChI=1S/C30H56N2O/c1-20(2)8-6-9-21(3)24-10-11-25-28-26(13-15-30(24,25)5)29(4)14-12-23(32-17-7-16-31)18-22(29)19-27(28)33/h20-28,32-33H,6-19,31H2,1-5H3/t21-,22-,23+,24?,25?,26?,27-,28?,29+,30-/m1/s1. The lowest BCUT2D eigenvalue weighted by atomic mass is 9.43. The van der Waals surface area contributed by atoms with E-state index in [4.69, 9.17) is 5.73 Å². The summed E-state index contributed by atoms with van der Waals surface area (Å²) in [6.07, 6.45) is 15.7. The Labute approximate surface area is 205 Å². The second-order valence-electron chi connectivity index (χ2n) is 13.9. The third-order valence-electron chi connectivity index (χ3n) is 11.7. The van der Waals surface area contributed by atoms with E-state index in [0.29, 0.717) is 28.7 Å². The summed E-state index contributed by atoms with van der Waals surface area (Å²) in [4.78, 5) is 0. The van der Waals surface area contributed by atoms with Crippen LogP contribution in [0.3, 0.4) is 0 Å². The maximum atomic E-state index is 11.6. The molecule has 4 aliphatic rings. The third kappa shape index (κ3) is 4.94. The summed E-state index contributed by atoms with van der Waals surface area (Å²) < 4.78 is 0. The molecule has 4 aliphatic carbocycles. The molecule has 0 spiro atoms. The second-order valence-corrected chi connectivity index (χ2v) is 13.9. The van der Waals surface area contributed by atoms with Crippen molar-refractivity contribution in [2.75, 3.05) is 13.1 Å². The number of nitrogens with two attached hydrogens (primary N) is 1. The van der Waals surface area contributed by atoms with E-state index in [1.807, 2.05) is 0 Å². The van der Waals surface area contributed by atoms with Crippen LogP contribution >= 0.6 is 0 Å². The highest BCUT2D eigenvalue weighted by atomic mass is 16.3. The Bertz CT molecular complexity index is 637. The first-order chi connectivity index (χ1) is 15.7. The molecule has 192 valence electrons. The van der Waals surface area contributed by atoms with Crippen LogP contribution in [0.4, 0.5) is 0 Å². The van der Waals surface area contributed by atoms with Crippen molar-refractivity contribution in [3.05, 3.63) is 0 Å². The first-order valence-electron chi connectivity index (χ1n) is 14.8. The summed E-state index contributed by atoms with van der Waals surface area (Å²) in [5.41, 5.74) is 6.61. The molecule has 4 rings (SSSR count). The van der Waals surface area contributed by atoms with Crippen molar-refractivity contribution >= 4 is 0 Å². The van der Waals surface area contributed by atoms with Gasteiger partial charge in [-0.3, -0.25) is 0 Å². The molecular weight excluding hydrogens is 404 g/mol. The van der Waals surface area contributed by atoms with Gasteiger partial charge in [0.2, 0.25) is 0 Å². The van der Waals surface area contributed by atoms with Crippen molar-refractivity contribution in [1.29, 1.82) is 0 Å². The van der Waals surface area contributed by atoms with E-state index in [-0.39, 0.29) is 6.10 Å². The van der Waals surface area contributed by atoms with Crippen LogP contribution in [-0.4, -0.2) is 30.3 Å². The maximum absolute atomic E-state index is 11.6. The van der Waals surface area contributed by atoms with Gasteiger partial charge in [0.1, 0.15) is 0 Å². The molecule has 0 aromatic heterocycles. The van der Waals surface area contributed by atoms with Crippen LogP contribution in [0.25, 0.3) is 0 Å². The summed E-state index contributed by atoms with van der Waals surface area (Å²) in [6, 6.07) is 0.634. The maximum Gasteiger partial charge on any atom is 0.0577 e. The average Bonchev–Trinajstić information content (AvgIpc) is 3.11. The van der Waals surface area contributed by atoms with Crippen LogP contribution in [0.2, 0.25) is 0 Å². The van der Waals surface area contributed by atoms with E-state index in [0.717, 1.165) is 55.5 Å². The molecule has 0 aromatic carbocycles. The average molecular weight is 461 g/mol. The van der Waals surface area contributed by atoms with Crippen LogP contribution in [0.5, 0.6) is 0 Å². The van der Waals surface area contributed by atoms with Gasteiger partial charge in [0.15, 0.2) is 0 Å². The first-order valence-corrected chi connectivity index (χ1v) is 14.8. The quantitative estimate of drug-likeness (QED) is 0.350. The van der Waals surface area contributed by atoms with Gasteiger partial charge in [-0.05, 0) is 123 Å². The molecule has 3 heteroatoms. The zero-order valence-corrected chi connectivity index (χ0v) is 22.6. The molecule has 33 heavy (non-hydrogen) atoms. The minimum absolute atomic E-state index is 0.0736. The Hall–Kier alpha value is -0.120. The van der Waals surface area contributed by atoms with E-state index in [9.17, 15) is 5.11 Å². The van der Waals surface area contributed by atoms with Gasteiger partial charge in [-0.25, -0.2) is 0 Å². The summed E-state index contributed by atoms with van der Waals surface area (Å²) in [5, 5.41) is 15.4. The number of hydrogen-bond donors (Lipinski definition) is 3. The summed E-state index contributed by atoms with van der Waals surface area (Å²) in [6.45, 7) is 14.4. The van der Waals surface area contributed by atoms with Gasteiger partial charge in [0, 0.05) is 6.04 Å². The third-order valence-corrected chi connectivity index (χ3v) is 11.7. The predicted octanol–water partition coefficient (Wildman–Crippen LogP) is 6.39. The first kappa shape index (κ1) is 26.0. The molecule has 4 unspecified atom stereocenters. The minimum Gasteiger partial charge on any atom is -0.393 e. The highest BCUT2D eigenvalue weighted by Crippen LogP contribution is 2.68. The molecule has 0 heterocycles. The van der Waals surface area contributed by atoms with Crippen LogP contribution in [0, 0.1) is 52.3 Å². The SMILES string of the molecule is CC(C)CCC[C@@H](C)C1CCC2C3C(CC[C@@]21C)[C@@]1(C)CC[C@H](NCCCN)C[C@@H]1C[C@H]3O. The van der Waals surface area contributed by atoms with Crippen molar-refractivity contribution in [1.82, 2.24) is 5.32 Å². The van der Waals surface area contributed by atoms with E-state index >= 15 is 0 Å². The molecule has 0 radical (unpaired) electrons. The number of aliphatic hydroxyl groups is 1. The summed E-state index contributed by atoms with van der Waals surface area (Å²) in [7, 11) is 0. The number of aliphatic hydroxyl groups excluding tert-OH is 1. The number of fused-ring (bicyclic) bond motifs is 5.